The zero-order chi connectivity index (χ0) is 12.1. The van der Waals surface area contributed by atoms with Gasteiger partial charge in [-0.05, 0) is 19.3 Å². The summed E-state index contributed by atoms with van der Waals surface area (Å²) in [5.41, 5.74) is 1.48. The van der Waals surface area contributed by atoms with Gasteiger partial charge in [-0.1, -0.05) is 0 Å². The Morgan fingerprint density at radius 1 is 1.24 bits per heavy atom. The van der Waals surface area contributed by atoms with E-state index < -0.39 is 0 Å². The first-order valence-electron chi connectivity index (χ1n) is 5.67. The number of hydrogen-bond acceptors (Lipinski definition) is 5. The summed E-state index contributed by atoms with van der Waals surface area (Å²) in [6.45, 7) is 1.09. The van der Waals surface area contributed by atoms with E-state index in [0.717, 1.165) is 31.5 Å². The molecule has 0 atom stereocenters. The van der Waals surface area contributed by atoms with Crippen LogP contribution in [0.1, 0.15) is 19.3 Å². The van der Waals surface area contributed by atoms with E-state index >= 15 is 0 Å². The van der Waals surface area contributed by atoms with Crippen LogP contribution >= 0.6 is 0 Å². The number of aliphatic hydroxyl groups is 1. The Morgan fingerprint density at radius 3 is 2.88 bits per heavy atom. The number of fused-ring (bicyclic) bond motifs is 1. The highest BCUT2D eigenvalue weighted by molar-refractivity contribution is 5.75. The van der Waals surface area contributed by atoms with E-state index in [1.807, 2.05) is 4.57 Å². The molecule has 0 aliphatic rings. The van der Waals surface area contributed by atoms with Gasteiger partial charge in [0.15, 0.2) is 11.2 Å². The van der Waals surface area contributed by atoms with Crippen molar-refractivity contribution in [3.63, 3.8) is 0 Å². The largest absolute Gasteiger partial charge is 0.479 e. The fourth-order valence-electron chi connectivity index (χ4n) is 1.74. The highest BCUT2D eigenvalue weighted by Crippen LogP contribution is 2.19. The van der Waals surface area contributed by atoms with E-state index in [2.05, 4.69) is 15.0 Å². The number of methoxy groups -OCH3 is 1. The van der Waals surface area contributed by atoms with Gasteiger partial charge in [-0.2, -0.15) is 4.98 Å². The summed E-state index contributed by atoms with van der Waals surface area (Å²) in [7, 11) is 1.57. The van der Waals surface area contributed by atoms with Crippen molar-refractivity contribution in [3.05, 3.63) is 12.7 Å². The summed E-state index contributed by atoms with van der Waals surface area (Å²) in [6.07, 6.45) is 6.07. The SMILES string of the molecule is COc1ncnc2c1ncn2CCCCCO. The fourth-order valence-corrected chi connectivity index (χ4v) is 1.74. The molecule has 0 aliphatic heterocycles. The third-order valence-corrected chi connectivity index (χ3v) is 2.62. The molecule has 6 nitrogen and oxygen atoms in total. The first-order valence-corrected chi connectivity index (χ1v) is 5.67. The van der Waals surface area contributed by atoms with Gasteiger partial charge in [-0.15, -0.1) is 0 Å². The van der Waals surface area contributed by atoms with Crippen molar-refractivity contribution in [2.75, 3.05) is 13.7 Å². The maximum absolute atomic E-state index is 8.71. The van der Waals surface area contributed by atoms with Gasteiger partial charge >= 0.3 is 0 Å². The van der Waals surface area contributed by atoms with Crippen molar-refractivity contribution in [1.29, 1.82) is 0 Å². The van der Waals surface area contributed by atoms with Gasteiger partial charge in [0.25, 0.3) is 0 Å². The van der Waals surface area contributed by atoms with Gasteiger partial charge < -0.3 is 14.4 Å². The quantitative estimate of drug-likeness (QED) is 0.757. The second-order valence-corrected chi connectivity index (χ2v) is 3.78. The van der Waals surface area contributed by atoms with E-state index in [0.29, 0.717) is 11.4 Å². The van der Waals surface area contributed by atoms with E-state index in [1.165, 1.54) is 6.33 Å². The molecule has 0 radical (unpaired) electrons. The molecule has 0 spiro atoms. The molecule has 0 fully saturated rings. The highest BCUT2D eigenvalue weighted by atomic mass is 16.5. The van der Waals surface area contributed by atoms with Crippen molar-refractivity contribution in [1.82, 2.24) is 19.5 Å². The molecule has 0 saturated heterocycles. The number of nitrogens with zero attached hydrogens (tertiary/aromatic N) is 4. The number of aromatic nitrogens is 4. The predicted molar refractivity (Wildman–Crippen MR) is 62.8 cm³/mol. The van der Waals surface area contributed by atoms with E-state index in [1.54, 1.807) is 13.4 Å². The number of unbranched alkanes of at least 4 members (excludes halogenated alkanes) is 2. The lowest BCUT2D eigenvalue weighted by Gasteiger charge is -2.03. The van der Waals surface area contributed by atoms with Crippen molar-refractivity contribution >= 4 is 11.2 Å². The minimum Gasteiger partial charge on any atom is -0.479 e. The average Bonchev–Trinajstić information content (AvgIpc) is 2.78. The lowest BCUT2D eigenvalue weighted by molar-refractivity contribution is 0.282. The highest BCUT2D eigenvalue weighted by Gasteiger charge is 2.09. The molecule has 17 heavy (non-hydrogen) atoms. The van der Waals surface area contributed by atoms with Gasteiger partial charge in [0.2, 0.25) is 5.88 Å². The third kappa shape index (κ3) is 2.52. The Hall–Kier alpha value is -1.69. The Morgan fingerprint density at radius 2 is 2.12 bits per heavy atom. The van der Waals surface area contributed by atoms with Gasteiger partial charge in [0.1, 0.15) is 6.33 Å². The standard InChI is InChI=1S/C11H16N4O2/c1-17-11-9-10(12-7-13-11)15(8-14-9)5-3-2-4-6-16/h7-8,16H,2-6H2,1H3. The maximum atomic E-state index is 8.71. The zero-order valence-electron chi connectivity index (χ0n) is 9.83. The first kappa shape index (κ1) is 11.8. The third-order valence-electron chi connectivity index (χ3n) is 2.62. The van der Waals surface area contributed by atoms with Crippen LogP contribution in [0.2, 0.25) is 0 Å². The van der Waals surface area contributed by atoms with E-state index in [4.69, 9.17) is 9.84 Å². The predicted octanol–water partition coefficient (Wildman–Crippen LogP) is 0.997. The summed E-state index contributed by atoms with van der Waals surface area (Å²) in [5, 5.41) is 8.71. The van der Waals surface area contributed by atoms with Crippen molar-refractivity contribution in [2.45, 2.75) is 25.8 Å². The molecule has 92 valence electrons. The Labute approximate surface area is 99.3 Å². The molecule has 0 saturated carbocycles. The number of aliphatic hydroxyl groups excluding tert-OH is 1. The second kappa shape index (κ2) is 5.58. The molecule has 1 N–H and O–H groups in total. The van der Waals surface area contributed by atoms with Crippen LogP contribution in [-0.2, 0) is 6.54 Å². The van der Waals surface area contributed by atoms with Crippen molar-refractivity contribution in [2.24, 2.45) is 0 Å². The second-order valence-electron chi connectivity index (χ2n) is 3.78. The topological polar surface area (TPSA) is 73.1 Å². The first-order chi connectivity index (χ1) is 8.36. The Bertz CT molecular complexity index is 483. The molecule has 0 amide bonds. The summed E-state index contributed by atoms with van der Waals surface area (Å²) in [6, 6.07) is 0. The number of rotatable bonds is 6. The lowest BCUT2D eigenvalue weighted by Crippen LogP contribution is -1.99. The molecule has 2 aromatic rings. The van der Waals surface area contributed by atoms with Crippen molar-refractivity contribution in [3.8, 4) is 5.88 Å². The van der Waals surface area contributed by atoms with Crippen LogP contribution in [0.3, 0.4) is 0 Å². The van der Waals surface area contributed by atoms with Crippen LogP contribution in [0.25, 0.3) is 11.2 Å². The summed E-state index contributed by atoms with van der Waals surface area (Å²) in [5.74, 6) is 0.504. The minimum absolute atomic E-state index is 0.251. The molecule has 2 aromatic heterocycles. The molecule has 6 heteroatoms. The number of imidazole rings is 1. The van der Waals surface area contributed by atoms with E-state index in [9.17, 15) is 0 Å². The molecular formula is C11H16N4O2. The van der Waals surface area contributed by atoms with E-state index in [-0.39, 0.29) is 6.61 Å². The average molecular weight is 236 g/mol. The zero-order valence-corrected chi connectivity index (χ0v) is 9.83. The number of hydrogen-bond donors (Lipinski definition) is 1. The molecular weight excluding hydrogens is 220 g/mol. The van der Waals surface area contributed by atoms with Crippen LogP contribution in [0.5, 0.6) is 5.88 Å². The van der Waals surface area contributed by atoms with Crippen LogP contribution in [-0.4, -0.2) is 38.3 Å². The summed E-state index contributed by atoms with van der Waals surface area (Å²) in [4.78, 5) is 12.5. The molecule has 2 heterocycles. The summed E-state index contributed by atoms with van der Waals surface area (Å²) < 4.78 is 7.11. The number of ether oxygens (including phenoxy) is 1. The smallest absolute Gasteiger partial charge is 0.245 e. The fraction of sp³-hybridized carbons (Fsp3) is 0.545. The van der Waals surface area contributed by atoms with Gasteiger partial charge in [0.05, 0.1) is 13.4 Å². The minimum atomic E-state index is 0.251. The van der Waals surface area contributed by atoms with Gasteiger partial charge in [-0.25, -0.2) is 9.97 Å². The molecule has 2 rings (SSSR count). The van der Waals surface area contributed by atoms with Crippen LogP contribution < -0.4 is 4.74 Å². The summed E-state index contributed by atoms with van der Waals surface area (Å²) >= 11 is 0. The molecule has 0 unspecified atom stereocenters. The van der Waals surface area contributed by atoms with Gasteiger partial charge in [0, 0.05) is 13.2 Å². The molecule has 0 aromatic carbocycles. The van der Waals surface area contributed by atoms with Crippen LogP contribution in [0.4, 0.5) is 0 Å². The Balaban J connectivity index is 2.13. The van der Waals surface area contributed by atoms with Gasteiger partial charge in [-0.3, -0.25) is 0 Å². The van der Waals surface area contributed by atoms with Crippen LogP contribution in [0, 0.1) is 0 Å². The maximum Gasteiger partial charge on any atom is 0.245 e. The molecule has 0 aliphatic carbocycles. The molecule has 0 bridgehead atoms. The van der Waals surface area contributed by atoms with Crippen LogP contribution in [0.15, 0.2) is 12.7 Å². The normalized spacial score (nSPS) is 10.9. The number of aryl methyl sites for hydroxylation is 1. The monoisotopic (exact) mass is 236 g/mol. The Kier molecular flexibility index (Phi) is 3.87. The van der Waals surface area contributed by atoms with Crippen molar-refractivity contribution < 1.29 is 9.84 Å². The lowest BCUT2D eigenvalue weighted by atomic mass is 10.2.